The summed E-state index contributed by atoms with van der Waals surface area (Å²) in [6.45, 7) is 2.30. The molecule has 1 aliphatic heterocycles. The monoisotopic (exact) mass is 541 g/mol. The first-order valence-electron chi connectivity index (χ1n) is 11.4. The molecule has 0 unspecified atom stereocenters. The van der Waals surface area contributed by atoms with Gasteiger partial charge in [-0.1, -0.05) is 60.3 Å². The minimum atomic E-state index is -4.91. The summed E-state index contributed by atoms with van der Waals surface area (Å²) in [7, 11) is 0. The van der Waals surface area contributed by atoms with Gasteiger partial charge in [0, 0.05) is 5.56 Å². The number of thioether (sulfide) groups is 1. The van der Waals surface area contributed by atoms with Crippen LogP contribution in [0.1, 0.15) is 12.5 Å². The smallest absolute Gasteiger partial charge is 0.493 e. The molecule has 0 fully saturated rings. The highest BCUT2D eigenvalue weighted by Crippen LogP contribution is 2.32. The minimum absolute atomic E-state index is 0.132. The van der Waals surface area contributed by atoms with Crippen LogP contribution in [0, 0.1) is 0 Å². The molecule has 38 heavy (non-hydrogen) atoms. The summed E-state index contributed by atoms with van der Waals surface area (Å²) >= 11 is 0.974. The van der Waals surface area contributed by atoms with Crippen molar-refractivity contribution in [3.8, 4) is 11.5 Å². The molecule has 2 amide bonds. The number of carbonyl (C=O) groups is 2. The van der Waals surface area contributed by atoms with Crippen molar-refractivity contribution < 1.29 is 32.2 Å². The van der Waals surface area contributed by atoms with Crippen molar-refractivity contribution in [1.29, 1.82) is 0 Å². The summed E-state index contributed by atoms with van der Waals surface area (Å²) in [5, 5.41) is 2.67. The first kappa shape index (κ1) is 26.8. The molecule has 1 aliphatic rings. The first-order chi connectivity index (χ1) is 18.2. The normalized spacial score (nSPS) is 14.4. The average molecular weight is 542 g/mol. The zero-order chi connectivity index (χ0) is 27.1. The summed E-state index contributed by atoms with van der Waals surface area (Å²) in [5.41, 5.74) is 1.23. The fraction of sp³-hybridized carbons (Fsp3) is 0.148. The molecule has 0 spiro atoms. The lowest BCUT2D eigenvalue weighted by Gasteiger charge is -2.18. The molecule has 1 heterocycles. The second kappa shape index (κ2) is 11.9. The van der Waals surface area contributed by atoms with Gasteiger partial charge in [0.05, 0.1) is 23.7 Å². The van der Waals surface area contributed by atoms with Gasteiger partial charge in [0.2, 0.25) is 5.91 Å². The Balaban J connectivity index is 1.56. The van der Waals surface area contributed by atoms with E-state index in [1.807, 2.05) is 19.1 Å². The van der Waals surface area contributed by atoms with E-state index in [-0.39, 0.29) is 22.3 Å². The number of carbonyl (C=O) groups excluding carboxylic acids is 2. The third-order valence-electron chi connectivity index (χ3n) is 5.07. The van der Waals surface area contributed by atoms with Crippen molar-refractivity contribution in [2.24, 2.45) is 4.99 Å². The van der Waals surface area contributed by atoms with Gasteiger partial charge >= 0.3 is 6.36 Å². The lowest BCUT2D eigenvalue weighted by Crippen LogP contribution is -2.31. The molecule has 0 saturated carbocycles. The summed E-state index contributed by atoms with van der Waals surface area (Å²) in [6.07, 6.45) is -3.30. The van der Waals surface area contributed by atoms with Crippen LogP contribution in [0.5, 0.6) is 11.5 Å². The maximum atomic E-state index is 13.4. The number of ether oxygens (including phenoxy) is 2. The van der Waals surface area contributed by atoms with Gasteiger partial charge in [0.25, 0.3) is 5.91 Å². The van der Waals surface area contributed by atoms with E-state index in [2.05, 4.69) is 15.0 Å². The number of halogens is 3. The number of alkyl halides is 3. The number of hydrogen-bond donors (Lipinski definition) is 1. The summed E-state index contributed by atoms with van der Waals surface area (Å²) in [6, 6.07) is 21.2. The van der Waals surface area contributed by atoms with Crippen molar-refractivity contribution in [2.45, 2.75) is 13.3 Å². The van der Waals surface area contributed by atoms with E-state index in [0.29, 0.717) is 23.6 Å². The third kappa shape index (κ3) is 6.74. The van der Waals surface area contributed by atoms with Crippen LogP contribution in [-0.4, -0.2) is 35.7 Å². The van der Waals surface area contributed by atoms with Crippen LogP contribution in [-0.2, 0) is 9.59 Å². The number of para-hydroxylation sites is 4. The van der Waals surface area contributed by atoms with Crippen molar-refractivity contribution in [3.05, 3.63) is 90.1 Å². The minimum Gasteiger partial charge on any atom is -0.493 e. The van der Waals surface area contributed by atoms with Crippen molar-refractivity contribution in [2.75, 3.05) is 22.6 Å². The number of nitrogens with zero attached hydrogens (tertiary/aromatic N) is 2. The van der Waals surface area contributed by atoms with E-state index < -0.39 is 23.9 Å². The molecular weight excluding hydrogens is 519 g/mol. The van der Waals surface area contributed by atoms with Crippen molar-refractivity contribution >= 4 is 46.2 Å². The number of rotatable bonds is 8. The molecule has 0 radical (unpaired) electrons. The largest absolute Gasteiger partial charge is 0.573 e. The van der Waals surface area contributed by atoms with Crippen molar-refractivity contribution in [1.82, 2.24) is 0 Å². The summed E-state index contributed by atoms with van der Waals surface area (Å²) < 4.78 is 47.7. The van der Waals surface area contributed by atoms with Crippen LogP contribution >= 0.6 is 11.8 Å². The molecule has 3 aromatic rings. The number of amides is 2. The number of benzene rings is 3. The van der Waals surface area contributed by atoms with E-state index in [4.69, 9.17) is 4.74 Å². The molecule has 3 aromatic carbocycles. The molecule has 196 valence electrons. The Kier molecular flexibility index (Phi) is 8.37. The molecule has 0 saturated heterocycles. The summed E-state index contributed by atoms with van der Waals surface area (Å²) in [4.78, 5) is 31.9. The van der Waals surface area contributed by atoms with E-state index in [1.165, 1.54) is 23.1 Å². The lowest BCUT2D eigenvalue weighted by atomic mass is 10.1. The lowest BCUT2D eigenvalue weighted by molar-refractivity contribution is -0.274. The maximum absolute atomic E-state index is 13.4. The second-order valence-electron chi connectivity index (χ2n) is 7.75. The SMILES string of the molecule is CCOc1ccccc1C=C1N=C(SCC(=O)Nc2ccccc2OC(F)(F)F)N(c2ccccc2)C1=O. The van der Waals surface area contributed by atoms with Crippen LogP contribution in [0.15, 0.2) is 89.6 Å². The Labute approximate surface area is 221 Å². The van der Waals surface area contributed by atoms with Gasteiger partial charge in [-0.2, -0.15) is 0 Å². The van der Waals surface area contributed by atoms with Crippen LogP contribution in [0.4, 0.5) is 24.5 Å². The van der Waals surface area contributed by atoms with E-state index in [1.54, 1.807) is 48.5 Å². The molecule has 0 bridgehead atoms. The topological polar surface area (TPSA) is 80.2 Å². The number of amidine groups is 1. The fourth-order valence-electron chi connectivity index (χ4n) is 3.53. The van der Waals surface area contributed by atoms with Crippen LogP contribution < -0.4 is 19.7 Å². The summed E-state index contributed by atoms with van der Waals surface area (Å²) in [5.74, 6) is -1.16. The molecule has 0 aliphatic carbocycles. The Morgan fingerprint density at radius 1 is 1.00 bits per heavy atom. The second-order valence-corrected chi connectivity index (χ2v) is 8.69. The van der Waals surface area contributed by atoms with Crippen LogP contribution in [0.3, 0.4) is 0 Å². The maximum Gasteiger partial charge on any atom is 0.573 e. The Bertz CT molecular complexity index is 1380. The van der Waals surface area contributed by atoms with E-state index >= 15 is 0 Å². The highest BCUT2D eigenvalue weighted by molar-refractivity contribution is 8.14. The fourth-order valence-corrected chi connectivity index (χ4v) is 4.34. The van der Waals surface area contributed by atoms with Gasteiger partial charge in [-0.25, -0.2) is 4.99 Å². The third-order valence-corrected chi connectivity index (χ3v) is 6.01. The van der Waals surface area contributed by atoms with Gasteiger partial charge < -0.3 is 14.8 Å². The molecule has 7 nitrogen and oxygen atoms in total. The highest BCUT2D eigenvalue weighted by Gasteiger charge is 2.34. The molecule has 1 N–H and O–H groups in total. The number of anilines is 2. The van der Waals surface area contributed by atoms with E-state index in [0.717, 1.165) is 17.8 Å². The Hall–Kier alpha value is -4.25. The van der Waals surface area contributed by atoms with Gasteiger partial charge in [-0.15, -0.1) is 13.2 Å². The molecule has 0 atom stereocenters. The van der Waals surface area contributed by atoms with Gasteiger partial charge in [-0.05, 0) is 43.3 Å². The quantitative estimate of drug-likeness (QED) is 0.349. The predicted molar refractivity (Wildman–Crippen MR) is 141 cm³/mol. The molecule has 4 rings (SSSR count). The zero-order valence-electron chi connectivity index (χ0n) is 20.1. The molecule has 11 heteroatoms. The van der Waals surface area contributed by atoms with Crippen LogP contribution in [0.25, 0.3) is 6.08 Å². The first-order valence-corrected chi connectivity index (χ1v) is 12.4. The average Bonchev–Trinajstić information content (AvgIpc) is 3.19. The highest BCUT2D eigenvalue weighted by atomic mass is 32.2. The predicted octanol–water partition coefficient (Wildman–Crippen LogP) is 6.10. The zero-order valence-corrected chi connectivity index (χ0v) is 20.9. The van der Waals surface area contributed by atoms with Crippen LogP contribution in [0.2, 0.25) is 0 Å². The Morgan fingerprint density at radius 2 is 1.66 bits per heavy atom. The van der Waals surface area contributed by atoms with Gasteiger partial charge in [-0.3, -0.25) is 14.5 Å². The standard InChI is InChI=1S/C27H22F3N3O4S/c1-2-36-22-14-8-6-10-18(22)16-21-25(35)33(19-11-4-3-5-12-19)26(32-21)38-17-24(34)31-20-13-7-9-15-23(20)37-27(28,29)30/h3-16H,2,17H2,1H3,(H,31,34). The molecule has 0 aromatic heterocycles. The number of hydrogen-bond acceptors (Lipinski definition) is 6. The van der Waals surface area contributed by atoms with Crippen molar-refractivity contribution in [3.63, 3.8) is 0 Å². The number of aliphatic imine (C=N–C) groups is 1. The number of nitrogens with one attached hydrogen (secondary N) is 1. The van der Waals surface area contributed by atoms with Gasteiger partial charge in [0.1, 0.15) is 11.4 Å². The Morgan fingerprint density at radius 3 is 2.37 bits per heavy atom. The molecular formula is C27H22F3N3O4S. The van der Waals surface area contributed by atoms with E-state index in [9.17, 15) is 22.8 Å². The van der Waals surface area contributed by atoms with Gasteiger partial charge in [0.15, 0.2) is 10.9 Å².